The van der Waals surface area contributed by atoms with Gasteiger partial charge in [0.15, 0.2) is 15.8 Å². The molecule has 0 aliphatic carbocycles. The van der Waals surface area contributed by atoms with Gasteiger partial charge in [0.05, 0.1) is 18.1 Å². The molecule has 27 heavy (non-hydrogen) atoms. The van der Waals surface area contributed by atoms with Crippen LogP contribution in [0.3, 0.4) is 0 Å². The molecule has 0 spiro atoms. The lowest BCUT2D eigenvalue weighted by atomic mass is 10.2. The van der Waals surface area contributed by atoms with Gasteiger partial charge >= 0.3 is 0 Å². The third-order valence-corrected chi connectivity index (χ3v) is 6.79. The molecule has 0 bridgehead atoms. The van der Waals surface area contributed by atoms with E-state index in [1.165, 1.54) is 9.75 Å². The first-order chi connectivity index (χ1) is 12.5. The van der Waals surface area contributed by atoms with Crippen molar-refractivity contribution in [3.05, 3.63) is 57.8 Å². The van der Waals surface area contributed by atoms with Gasteiger partial charge in [-0.1, -0.05) is 37.3 Å². The molecular weight excluding hydrogens is 493 g/mol. The van der Waals surface area contributed by atoms with Gasteiger partial charge in [0.1, 0.15) is 0 Å². The highest BCUT2D eigenvalue weighted by atomic mass is 127. The molecular formula is C19H28IN3O2S2. The molecule has 150 valence electrons. The zero-order chi connectivity index (χ0) is 18.8. The van der Waals surface area contributed by atoms with E-state index < -0.39 is 9.84 Å². The number of halogens is 1. The highest BCUT2D eigenvalue weighted by Gasteiger charge is 2.11. The van der Waals surface area contributed by atoms with E-state index in [1.807, 2.05) is 30.3 Å². The minimum absolute atomic E-state index is 0. The topological polar surface area (TPSA) is 70.6 Å². The Labute approximate surface area is 183 Å². The SMILES string of the molecule is CCc1ccc(CNC(=NC)NCCCS(=O)(=O)Cc2ccccc2)s1.I. The van der Waals surface area contributed by atoms with Gasteiger partial charge in [-0.2, -0.15) is 0 Å². The van der Waals surface area contributed by atoms with E-state index >= 15 is 0 Å². The van der Waals surface area contributed by atoms with Gasteiger partial charge in [0.2, 0.25) is 0 Å². The van der Waals surface area contributed by atoms with Crippen LogP contribution in [0.15, 0.2) is 47.5 Å². The summed E-state index contributed by atoms with van der Waals surface area (Å²) >= 11 is 1.79. The number of hydrogen-bond acceptors (Lipinski definition) is 4. The van der Waals surface area contributed by atoms with Gasteiger partial charge in [-0.25, -0.2) is 8.42 Å². The zero-order valence-electron chi connectivity index (χ0n) is 15.8. The van der Waals surface area contributed by atoms with Crippen LogP contribution >= 0.6 is 35.3 Å². The number of benzene rings is 1. The molecule has 0 unspecified atom stereocenters. The standard InChI is InChI=1S/C19H27N3O2S2.HI/c1-3-17-10-11-18(25-17)14-22-19(20-2)21-12-7-13-26(23,24)15-16-8-5-4-6-9-16;/h4-6,8-11H,3,7,12-15H2,1-2H3,(H2,20,21,22);1H. The Hall–Kier alpha value is -1.13. The first-order valence-electron chi connectivity index (χ1n) is 8.79. The summed E-state index contributed by atoms with van der Waals surface area (Å²) in [4.78, 5) is 6.81. The number of aryl methyl sites for hydroxylation is 1. The van der Waals surface area contributed by atoms with Crippen molar-refractivity contribution in [2.75, 3.05) is 19.3 Å². The minimum atomic E-state index is -3.09. The Bertz CT molecular complexity index is 805. The number of aliphatic imine (C=N–C) groups is 1. The van der Waals surface area contributed by atoms with Crippen molar-refractivity contribution >= 4 is 51.1 Å². The fraction of sp³-hybridized carbons (Fsp3) is 0.421. The van der Waals surface area contributed by atoms with E-state index in [1.54, 1.807) is 18.4 Å². The van der Waals surface area contributed by atoms with E-state index in [0.717, 1.165) is 18.5 Å². The van der Waals surface area contributed by atoms with Crippen molar-refractivity contribution in [2.24, 2.45) is 4.99 Å². The highest BCUT2D eigenvalue weighted by molar-refractivity contribution is 14.0. The molecule has 0 atom stereocenters. The second-order valence-electron chi connectivity index (χ2n) is 6.01. The van der Waals surface area contributed by atoms with E-state index in [9.17, 15) is 8.42 Å². The second-order valence-corrected chi connectivity index (χ2v) is 9.44. The lowest BCUT2D eigenvalue weighted by Gasteiger charge is -2.11. The fourth-order valence-electron chi connectivity index (χ4n) is 2.50. The number of hydrogen-bond donors (Lipinski definition) is 2. The van der Waals surface area contributed by atoms with Crippen LogP contribution in [0.1, 0.15) is 28.7 Å². The molecule has 0 saturated carbocycles. The molecule has 1 aromatic carbocycles. The quantitative estimate of drug-likeness (QED) is 0.229. The van der Waals surface area contributed by atoms with Crippen LogP contribution in [0.2, 0.25) is 0 Å². The predicted octanol–water partition coefficient (Wildman–Crippen LogP) is 3.60. The largest absolute Gasteiger partial charge is 0.356 e. The highest BCUT2D eigenvalue weighted by Crippen LogP contribution is 2.16. The lowest BCUT2D eigenvalue weighted by molar-refractivity contribution is 0.591. The van der Waals surface area contributed by atoms with Gasteiger partial charge in [0, 0.05) is 23.3 Å². The van der Waals surface area contributed by atoms with Crippen molar-refractivity contribution < 1.29 is 8.42 Å². The predicted molar refractivity (Wildman–Crippen MR) is 126 cm³/mol. The van der Waals surface area contributed by atoms with Crippen molar-refractivity contribution in [2.45, 2.75) is 32.1 Å². The van der Waals surface area contributed by atoms with Gasteiger partial charge < -0.3 is 10.6 Å². The first kappa shape index (κ1) is 23.9. The maximum absolute atomic E-state index is 12.2. The second kappa shape index (κ2) is 12.4. The summed E-state index contributed by atoms with van der Waals surface area (Å²) in [7, 11) is -1.38. The Morgan fingerprint density at radius 2 is 1.78 bits per heavy atom. The first-order valence-corrected chi connectivity index (χ1v) is 11.4. The smallest absolute Gasteiger partial charge is 0.191 e. The lowest BCUT2D eigenvalue weighted by Crippen LogP contribution is -2.37. The van der Waals surface area contributed by atoms with Gasteiger partial charge in [0.25, 0.3) is 0 Å². The monoisotopic (exact) mass is 521 g/mol. The molecule has 0 saturated heterocycles. The molecule has 2 rings (SSSR count). The third kappa shape index (κ3) is 9.07. The summed E-state index contributed by atoms with van der Waals surface area (Å²) in [5, 5.41) is 6.44. The van der Waals surface area contributed by atoms with E-state index in [2.05, 4.69) is 34.7 Å². The molecule has 8 heteroatoms. The molecule has 0 amide bonds. The molecule has 2 aromatic rings. The average molecular weight is 521 g/mol. The fourth-order valence-corrected chi connectivity index (χ4v) is 4.82. The van der Waals surface area contributed by atoms with Gasteiger partial charge in [-0.3, -0.25) is 4.99 Å². The van der Waals surface area contributed by atoms with E-state index in [0.29, 0.717) is 18.9 Å². The number of rotatable bonds is 9. The molecule has 0 aliphatic heterocycles. The summed E-state index contributed by atoms with van der Waals surface area (Å²) in [5.74, 6) is 0.951. The van der Waals surface area contributed by atoms with Crippen molar-refractivity contribution in [3.8, 4) is 0 Å². The van der Waals surface area contributed by atoms with Gasteiger partial charge in [-0.05, 0) is 30.5 Å². The molecule has 0 radical (unpaired) electrons. The minimum Gasteiger partial charge on any atom is -0.356 e. The number of nitrogens with one attached hydrogen (secondary N) is 2. The Balaban J connectivity index is 0.00000364. The number of nitrogens with zero attached hydrogens (tertiary/aromatic N) is 1. The number of sulfone groups is 1. The number of guanidine groups is 1. The van der Waals surface area contributed by atoms with Crippen molar-refractivity contribution in [1.82, 2.24) is 10.6 Å². The molecule has 2 N–H and O–H groups in total. The Morgan fingerprint density at radius 1 is 1.07 bits per heavy atom. The van der Waals surface area contributed by atoms with Crippen LogP contribution in [0, 0.1) is 0 Å². The van der Waals surface area contributed by atoms with Crippen LogP contribution in [0.5, 0.6) is 0 Å². The van der Waals surface area contributed by atoms with Crippen LogP contribution in [-0.2, 0) is 28.6 Å². The molecule has 0 aliphatic rings. The van der Waals surface area contributed by atoms with E-state index in [-0.39, 0.29) is 35.5 Å². The Kier molecular flexibility index (Phi) is 10.9. The average Bonchev–Trinajstić information content (AvgIpc) is 3.09. The van der Waals surface area contributed by atoms with Crippen LogP contribution in [0.4, 0.5) is 0 Å². The summed E-state index contributed by atoms with van der Waals surface area (Å²) < 4.78 is 24.4. The van der Waals surface area contributed by atoms with E-state index in [4.69, 9.17) is 0 Å². The zero-order valence-corrected chi connectivity index (χ0v) is 19.7. The van der Waals surface area contributed by atoms with Gasteiger partial charge in [-0.15, -0.1) is 35.3 Å². The summed E-state index contributed by atoms with van der Waals surface area (Å²) in [6, 6.07) is 13.6. The maximum Gasteiger partial charge on any atom is 0.191 e. The molecule has 1 aromatic heterocycles. The normalized spacial score (nSPS) is 11.7. The molecule has 1 heterocycles. The van der Waals surface area contributed by atoms with Crippen LogP contribution in [0.25, 0.3) is 0 Å². The summed E-state index contributed by atoms with van der Waals surface area (Å²) in [6.07, 6.45) is 1.60. The number of thiophene rings is 1. The molecule has 0 fully saturated rings. The summed E-state index contributed by atoms with van der Waals surface area (Å²) in [5.41, 5.74) is 0.834. The Morgan fingerprint density at radius 3 is 2.41 bits per heavy atom. The van der Waals surface area contributed by atoms with Crippen molar-refractivity contribution in [1.29, 1.82) is 0 Å². The van der Waals surface area contributed by atoms with Crippen LogP contribution < -0.4 is 10.6 Å². The summed E-state index contributed by atoms with van der Waals surface area (Å²) in [6.45, 7) is 3.43. The maximum atomic E-state index is 12.2. The van der Waals surface area contributed by atoms with Crippen LogP contribution in [-0.4, -0.2) is 33.7 Å². The third-order valence-electron chi connectivity index (χ3n) is 3.87. The van der Waals surface area contributed by atoms with Crippen molar-refractivity contribution in [3.63, 3.8) is 0 Å². The molecule has 5 nitrogen and oxygen atoms in total.